The molecule has 0 amide bonds. The molecule has 1 aromatic rings. The minimum absolute atomic E-state index is 0.501. The molecule has 82 valence electrons. The van der Waals surface area contributed by atoms with Gasteiger partial charge in [0.25, 0.3) is 0 Å². The van der Waals surface area contributed by atoms with E-state index >= 15 is 0 Å². The Morgan fingerprint density at radius 1 is 1.53 bits per heavy atom. The normalized spacial score (nSPS) is 10.7. The summed E-state index contributed by atoms with van der Waals surface area (Å²) < 4.78 is 0. The number of halogens is 1. The molecular weight excluding hydrogens is 228 g/mol. The highest BCUT2D eigenvalue weighted by Gasteiger charge is 2.05. The summed E-state index contributed by atoms with van der Waals surface area (Å²) >= 11 is 11.0. The van der Waals surface area contributed by atoms with E-state index in [4.69, 9.17) is 29.6 Å². The van der Waals surface area contributed by atoms with Gasteiger partial charge in [0.2, 0.25) is 0 Å². The van der Waals surface area contributed by atoms with Crippen LogP contribution in [0.5, 0.6) is 0 Å². The molecule has 0 aliphatic rings. The zero-order chi connectivity index (χ0) is 11.4. The van der Waals surface area contributed by atoms with E-state index < -0.39 is 0 Å². The van der Waals surface area contributed by atoms with Crippen molar-refractivity contribution < 1.29 is 0 Å². The number of hydrogen-bond donors (Lipinski definition) is 1. The van der Waals surface area contributed by atoms with Gasteiger partial charge in [-0.25, -0.2) is 0 Å². The molecule has 2 N–H and O–H groups in total. The van der Waals surface area contributed by atoms with Crippen LogP contribution < -0.4 is 5.73 Å². The first-order valence-electron chi connectivity index (χ1n) is 4.71. The zero-order valence-corrected chi connectivity index (χ0v) is 10.5. The standard InChI is InChI=1S/C11H15ClN2S/c1-8-3-4-9(10(12)5-8)6-14(2)7-11(13)15/h3-5H,6-7H2,1-2H3,(H2,13,15). The van der Waals surface area contributed by atoms with Gasteiger partial charge in [0, 0.05) is 18.1 Å². The maximum Gasteiger partial charge on any atom is 0.0870 e. The lowest BCUT2D eigenvalue weighted by molar-refractivity contribution is 0.375. The molecule has 0 atom stereocenters. The molecule has 1 aromatic carbocycles. The summed E-state index contributed by atoms with van der Waals surface area (Å²) in [4.78, 5) is 2.54. The van der Waals surface area contributed by atoms with E-state index in [0.29, 0.717) is 11.5 Å². The fourth-order valence-corrected chi connectivity index (χ4v) is 1.91. The van der Waals surface area contributed by atoms with E-state index in [9.17, 15) is 0 Å². The Labute approximate surface area is 101 Å². The average Bonchev–Trinajstić information content (AvgIpc) is 2.08. The van der Waals surface area contributed by atoms with Crippen molar-refractivity contribution in [3.63, 3.8) is 0 Å². The molecular formula is C11H15ClN2S. The van der Waals surface area contributed by atoms with Gasteiger partial charge in [-0.1, -0.05) is 36.0 Å². The van der Waals surface area contributed by atoms with E-state index in [1.807, 2.05) is 31.0 Å². The van der Waals surface area contributed by atoms with Gasteiger partial charge in [-0.15, -0.1) is 0 Å². The highest BCUT2D eigenvalue weighted by atomic mass is 35.5. The molecule has 0 saturated heterocycles. The van der Waals surface area contributed by atoms with Crippen molar-refractivity contribution in [2.24, 2.45) is 5.73 Å². The number of thiocarbonyl (C=S) groups is 1. The van der Waals surface area contributed by atoms with Crippen molar-refractivity contribution >= 4 is 28.8 Å². The Bertz CT molecular complexity index is 366. The number of nitrogens with two attached hydrogens (primary N) is 1. The Morgan fingerprint density at radius 2 is 2.20 bits per heavy atom. The minimum Gasteiger partial charge on any atom is -0.392 e. The van der Waals surface area contributed by atoms with Crippen molar-refractivity contribution in [3.05, 3.63) is 34.3 Å². The Hall–Kier alpha value is -0.640. The van der Waals surface area contributed by atoms with Gasteiger partial charge in [-0.3, -0.25) is 4.90 Å². The molecule has 0 saturated carbocycles. The number of rotatable bonds is 4. The first kappa shape index (κ1) is 12.4. The summed E-state index contributed by atoms with van der Waals surface area (Å²) in [6, 6.07) is 6.05. The smallest absolute Gasteiger partial charge is 0.0870 e. The summed E-state index contributed by atoms with van der Waals surface area (Å²) in [6.45, 7) is 3.39. The van der Waals surface area contributed by atoms with Crippen molar-refractivity contribution in [2.75, 3.05) is 13.6 Å². The Morgan fingerprint density at radius 3 is 2.73 bits per heavy atom. The summed E-state index contributed by atoms with van der Waals surface area (Å²) in [5, 5.41) is 0.796. The number of benzene rings is 1. The first-order chi connectivity index (χ1) is 6.99. The third kappa shape index (κ3) is 4.16. The topological polar surface area (TPSA) is 29.3 Å². The lowest BCUT2D eigenvalue weighted by Gasteiger charge is -2.16. The monoisotopic (exact) mass is 242 g/mol. The largest absolute Gasteiger partial charge is 0.392 e. The van der Waals surface area contributed by atoms with Crippen LogP contribution in [0.15, 0.2) is 18.2 Å². The van der Waals surface area contributed by atoms with Crippen LogP contribution in [0.3, 0.4) is 0 Å². The zero-order valence-electron chi connectivity index (χ0n) is 8.96. The van der Waals surface area contributed by atoms with Gasteiger partial charge in [0.1, 0.15) is 0 Å². The fraction of sp³-hybridized carbons (Fsp3) is 0.364. The molecule has 0 fully saturated rings. The van der Waals surface area contributed by atoms with E-state index in [1.54, 1.807) is 0 Å². The summed E-state index contributed by atoms with van der Waals surface area (Å²) in [5.41, 5.74) is 7.73. The van der Waals surface area contributed by atoms with Crippen molar-refractivity contribution in [1.82, 2.24) is 4.90 Å². The number of nitrogens with zero attached hydrogens (tertiary/aromatic N) is 1. The lowest BCUT2D eigenvalue weighted by Crippen LogP contribution is -2.29. The molecule has 0 radical (unpaired) electrons. The molecule has 0 heterocycles. The van der Waals surface area contributed by atoms with Gasteiger partial charge in [-0.05, 0) is 31.2 Å². The molecule has 1 rings (SSSR count). The summed E-state index contributed by atoms with van der Waals surface area (Å²) in [6.07, 6.45) is 0. The van der Waals surface area contributed by atoms with Crippen LogP contribution in [0, 0.1) is 6.92 Å². The second kappa shape index (κ2) is 5.45. The second-order valence-corrected chi connectivity index (χ2v) is 4.67. The van der Waals surface area contributed by atoms with Crippen LogP contribution in [0.25, 0.3) is 0 Å². The molecule has 0 aliphatic carbocycles. The maximum atomic E-state index is 6.12. The number of aryl methyl sites for hydroxylation is 1. The predicted molar refractivity (Wildman–Crippen MR) is 69.3 cm³/mol. The van der Waals surface area contributed by atoms with Crippen molar-refractivity contribution in [2.45, 2.75) is 13.5 Å². The van der Waals surface area contributed by atoms with E-state index in [2.05, 4.69) is 6.07 Å². The van der Waals surface area contributed by atoms with E-state index in [-0.39, 0.29) is 0 Å². The van der Waals surface area contributed by atoms with Gasteiger partial charge >= 0.3 is 0 Å². The van der Waals surface area contributed by atoms with Crippen LogP contribution in [-0.2, 0) is 6.54 Å². The maximum absolute atomic E-state index is 6.12. The highest BCUT2D eigenvalue weighted by Crippen LogP contribution is 2.18. The Balaban J connectivity index is 2.68. The molecule has 15 heavy (non-hydrogen) atoms. The van der Waals surface area contributed by atoms with Crippen LogP contribution in [0.1, 0.15) is 11.1 Å². The lowest BCUT2D eigenvalue weighted by atomic mass is 10.1. The first-order valence-corrected chi connectivity index (χ1v) is 5.49. The molecule has 4 heteroatoms. The molecule has 0 aromatic heterocycles. The number of likely N-dealkylation sites (N-methyl/N-ethyl adjacent to an activating group) is 1. The minimum atomic E-state index is 0.501. The molecule has 0 bridgehead atoms. The predicted octanol–water partition coefficient (Wildman–Crippen LogP) is 2.37. The average molecular weight is 243 g/mol. The highest BCUT2D eigenvalue weighted by molar-refractivity contribution is 7.80. The van der Waals surface area contributed by atoms with Crippen LogP contribution in [0.2, 0.25) is 5.02 Å². The summed E-state index contributed by atoms with van der Waals surface area (Å²) in [7, 11) is 1.97. The Kier molecular flexibility index (Phi) is 4.51. The van der Waals surface area contributed by atoms with Crippen molar-refractivity contribution in [1.29, 1.82) is 0 Å². The third-order valence-electron chi connectivity index (χ3n) is 2.07. The van der Waals surface area contributed by atoms with Crippen LogP contribution >= 0.6 is 23.8 Å². The molecule has 0 aliphatic heterocycles. The van der Waals surface area contributed by atoms with E-state index in [0.717, 1.165) is 17.1 Å². The van der Waals surface area contributed by atoms with Crippen LogP contribution in [0.4, 0.5) is 0 Å². The quantitative estimate of drug-likeness (QED) is 0.822. The molecule has 0 unspecified atom stereocenters. The van der Waals surface area contributed by atoms with Gasteiger partial charge in [-0.2, -0.15) is 0 Å². The third-order valence-corrected chi connectivity index (χ3v) is 2.56. The van der Waals surface area contributed by atoms with Gasteiger partial charge < -0.3 is 5.73 Å². The summed E-state index contributed by atoms with van der Waals surface area (Å²) in [5.74, 6) is 0. The molecule has 0 spiro atoms. The van der Waals surface area contributed by atoms with Gasteiger partial charge in [0.05, 0.1) is 4.99 Å². The fourth-order valence-electron chi connectivity index (χ4n) is 1.39. The SMILES string of the molecule is Cc1ccc(CN(C)CC(N)=S)c(Cl)c1. The van der Waals surface area contributed by atoms with Gasteiger partial charge in [0.15, 0.2) is 0 Å². The van der Waals surface area contributed by atoms with Crippen molar-refractivity contribution in [3.8, 4) is 0 Å². The molecule has 2 nitrogen and oxygen atoms in total. The van der Waals surface area contributed by atoms with Crippen LogP contribution in [-0.4, -0.2) is 23.5 Å². The number of hydrogen-bond acceptors (Lipinski definition) is 2. The second-order valence-electron chi connectivity index (χ2n) is 3.73. The van der Waals surface area contributed by atoms with E-state index in [1.165, 1.54) is 5.56 Å².